The van der Waals surface area contributed by atoms with Crippen LogP contribution in [0.4, 0.5) is 5.82 Å². The smallest absolute Gasteiger partial charge is 0.256 e. The Balaban J connectivity index is 1.52. The van der Waals surface area contributed by atoms with Gasteiger partial charge >= 0.3 is 0 Å². The summed E-state index contributed by atoms with van der Waals surface area (Å²) >= 11 is 3.34. The Morgan fingerprint density at radius 3 is 2.10 bits per heavy atom. The summed E-state index contributed by atoms with van der Waals surface area (Å²) in [6.07, 6.45) is 10.8. The van der Waals surface area contributed by atoms with Gasteiger partial charge in [0.15, 0.2) is 0 Å². The zero-order chi connectivity index (χ0) is 21.2. The fourth-order valence-corrected chi connectivity index (χ4v) is 3.66. The molecule has 1 N–H and O–H groups in total. The predicted molar refractivity (Wildman–Crippen MR) is 129 cm³/mol. The fourth-order valence-electron chi connectivity index (χ4n) is 3.43. The highest BCUT2D eigenvalue weighted by Gasteiger charge is 2.07. The van der Waals surface area contributed by atoms with Crippen LogP contribution in [0.3, 0.4) is 0 Å². The van der Waals surface area contributed by atoms with Crippen LogP contribution < -0.4 is 5.32 Å². The molecular weight excluding hydrogens is 436 g/mol. The second kappa shape index (κ2) is 11.7. The number of aromatic nitrogens is 1. The van der Waals surface area contributed by atoms with Crippen molar-refractivity contribution in [2.45, 2.75) is 51.9 Å². The van der Waals surface area contributed by atoms with Crippen molar-refractivity contribution in [2.75, 3.05) is 5.32 Å². The molecule has 30 heavy (non-hydrogen) atoms. The molecule has 2 aromatic carbocycles. The number of unbranched alkanes of at least 4 members (excludes halogenated alkanes) is 5. The maximum Gasteiger partial charge on any atom is 0.256 e. The maximum absolute atomic E-state index is 12.4. The lowest BCUT2D eigenvalue weighted by Crippen LogP contribution is -2.12. The van der Waals surface area contributed by atoms with Gasteiger partial charge < -0.3 is 5.32 Å². The Kier molecular flexibility index (Phi) is 8.64. The molecule has 0 spiro atoms. The zero-order valence-electron chi connectivity index (χ0n) is 17.5. The summed E-state index contributed by atoms with van der Waals surface area (Å²) in [7, 11) is 0. The number of anilines is 1. The van der Waals surface area contributed by atoms with Crippen LogP contribution in [0.25, 0.3) is 11.1 Å². The number of hydrogen-bond donors (Lipinski definition) is 1. The largest absolute Gasteiger partial charge is 0.307 e. The number of nitrogens with one attached hydrogen (secondary N) is 1. The van der Waals surface area contributed by atoms with Crippen LogP contribution in [0.2, 0.25) is 0 Å². The molecule has 4 heteroatoms. The summed E-state index contributed by atoms with van der Waals surface area (Å²) in [5.74, 6) is 0.374. The molecule has 0 aliphatic heterocycles. The third-order valence-corrected chi connectivity index (χ3v) is 5.69. The first kappa shape index (κ1) is 22.2. The van der Waals surface area contributed by atoms with Gasteiger partial charge in [-0.3, -0.25) is 4.79 Å². The number of nitrogens with zero attached hydrogens (tertiary/aromatic N) is 1. The first-order chi connectivity index (χ1) is 14.7. The van der Waals surface area contributed by atoms with Crippen molar-refractivity contribution in [2.24, 2.45) is 0 Å². The third kappa shape index (κ3) is 6.81. The topological polar surface area (TPSA) is 42.0 Å². The van der Waals surface area contributed by atoms with E-state index in [2.05, 4.69) is 57.4 Å². The average Bonchev–Trinajstić information content (AvgIpc) is 2.78. The van der Waals surface area contributed by atoms with E-state index in [9.17, 15) is 4.79 Å². The van der Waals surface area contributed by atoms with Gasteiger partial charge in [0.25, 0.3) is 5.91 Å². The molecule has 0 bridgehead atoms. The normalized spacial score (nSPS) is 10.7. The molecule has 1 amide bonds. The number of hydrogen-bond acceptors (Lipinski definition) is 2. The molecule has 0 fully saturated rings. The molecule has 3 rings (SSSR count). The van der Waals surface area contributed by atoms with Crippen LogP contribution in [0, 0.1) is 0 Å². The summed E-state index contributed by atoms with van der Waals surface area (Å²) in [4.78, 5) is 16.6. The predicted octanol–water partition coefficient (Wildman–Crippen LogP) is 7.67. The van der Waals surface area contributed by atoms with Crippen LogP contribution in [0.1, 0.15) is 61.4 Å². The van der Waals surface area contributed by atoms with Gasteiger partial charge in [0.05, 0.1) is 0 Å². The number of carbonyl (C=O) groups excluding carboxylic acids is 1. The molecule has 0 saturated carbocycles. The van der Waals surface area contributed by atoms with Crippen LogP contribution in [0.15, 0.2) is 71.3 Å². The summed E-state index contributed by atoms with van der Waals surface area (Å²) in [6.45, 7) is 2.26. The standard InChI is InChI=1S/C26H29BrN2O/c1-2-3-4-5-6-7-8-20-9-11-21(12-10-20)22-13-15-23(16-14-22)26(30)29-25-18-17-24(27)19-28-25/h9-19H,2-8H2,1H3,(H,28,29,30). The number of amides is 1. The second-order valence-electron chi connectivity index (χ2n) is 7.61. The lowest BCUT2D eigenvalue weighted by molar-refractivity contribution is 0.102. The van der Waals surface area contributed by atoms with Gasteiger partial charge in [-0.25, -0.2) is 4.98 Å². The van der Waals surface area contributed by atoms with Crippen molar-refractivity contribution in [3.63, 3.8) is 0 Å². The number of pyridine rings is 1. The molecule has 0 atom stereocenters. The average molecular weight is 465 g/mol. The van der Waals surface area contributed by atoms with Gasteiger partial charge in [0, 0.05) is 16.2 Å². The highest BCUT2D eigenvalue weighted by atomic mass is 79.9. The van der Waals surface area contributed by atoms with Gasteiger partial charge in [0.2, 0.25) is 0 Å². The highest BCUT2D eigenvalue weighted by Crippen LogP contribution is 2.22. The number of halogens is 1. The molecule has 156 valence electrons. The number of carbonyl (C=O) groups is 1. The van der Waals surface area contributed by atoms with E-state index in [1.54, 1.807) is 12.3 Å². The second-order valence-corrected chi connectivity index (χ2v) is 8.52. The van der Waals surface area contributed by atoms with E-state index < -0.39 is 0 Å². The molecule has 1 aromatic heterocycles. The summed E-state index contributed by atoms with van der Waals surface area (Å²) < 4.78 is 0.878. The first-order valence-corrected chi connectivity index (χ1v) is 11.6. The van der Waals surface area contributed by atoms with Gasteiger partial charge in [-0.2, -0.15) is 0 Å². The van der Waals surface area contributed by atoms with E-state index in [0.29, 0.717) is 11.4 Å². The molecule has 0 aliphatic carbocycles. The number of aryl methyl sites for hydroxylation is 1. The molecule has 0 unspecified atom stereocenters. The minimum Gasteiger partial charge on any atom is -0.307 e. The zero-order valence-corrected chi connectivity index (χ0v) is 19.1. The fraction of sp³-hybridized carbons (Fsp3) is 0.308. The van der Waals surface area contributed by atoms with Gasteiger partial charge in [-0.1, -0.05) is 75.4 Å². The van der Waals surface area contributed by atoms with Crippen molar-refractivity contribution in [1.82, 2.24) is 4.98 Å². The quantitative estimate of drug-likeness (QED) is 0.312. The molecule has 3 nitrogen and oxygen atoms in total. The van der Waals surface area contributed by atoms with Gasteiger partial charge in [-0.05, 0) is 69.7 Å². The van der Waals surface area contributed by atoms with E-state index in [0.717, 1.165) is 16.5 Å². The highest BCUT2D eigenvalue weighted by molar-refractivity contribution is 9.10. The molecule has 1 heterocycles. The summed E-state index contributed by atoms with van der Waals surface area (Å²) in [6, 6.07) is 20.1. The van der Waals surface area contributed by atoms with Crippen molar-refractivity contribution in [1.29, 1.82) is 0 Å². The Morgan fingerprint density at radius 1 is 0.833 bits per heavy atom. The van der Waals surface area contributed by atoms with E-state index in [1.807, 2.05) is 30.3 Å². The van der Waals surface area contributed by atoms with Crippen LogP contribution >= 0.6 is 15.9 Å². The lowest BCUT2D eigenvalue weighted by Gasteiger charge is -2.07. The SMILES string of the molecule is CCCCCCCCc1ccc(-c2ccc(C(=O)Nc3ccc(Br)cn3)cc2)cc1. The van der Waals surface area contributed by atoms with E-state index in [-0.39, 0.29) is 5.91 Å². The number of rotatable bonds is 10. The van der Waals surface area contributed by atoms with Crippen molar-refractivity contribution in [3.8, 4) is 11.1 Å². The Labute approximate surface area is 188 Å². The van der Waals surface area contributed by atoms with Gasteiger partial charge in [0.1, 0.15) is 5.82 Å². The van der Waals surface area contributed by atoms with Crippen molar-refractivity contribution < 1.29 is 4.79 Å². The molecule has 0 aliphatic rings. The lowest BCUT2D eigenvalue weighted by atomic mass is 10.00. The minimum atomic E-state index is -0.161. The number of benzene rings is 2. The Hall–Kier alpha value is -2.46. The van der Waals surface area contributed by atoms with Crippen LogP contribution in [-0.4, -0.2) is 10.9 Å². The van der Waals surface area contributed by atoms with E-state index >= 15 is 0 Å². The van der Waals surface area contributed by atoms with E-state index in [1.165, 1.54) is 49.7 Å². The van der Waals surface area contributed by atoms with Crippen LogP contribution in [0.5, 0.6) is 0 Å². The molecule has 0 radical (unpaired) electrons. The molecular formula is C26H29BrN2O. The first-order valence-electron chi connectivity index (χ1n) is 10.8. The third-order valence-electron chi connectivity index (χ3n) is 5.22. The molecule has 0 saturated heterocycles. The molecule has 3 aromatic rings. The van der Waals surface area contributed by atoms with Crippen molar-refractivity contribution >= 4 is 27.7 Å². The van der Waals surface area contributed by atoms with Crippen LogP contribution in [-0.2, 0) is 6.42 Å². The maximum atomic E-state index is 12.4. The summed E-state index contributed by atoms with van der Waals surface area (Å²) in [5.41, 5.74) is 4.29. The Morgan fingerprint density at radius 2 is 1.47 bits per heavy atom. The summed E-state index contributed by atoms with van der Waals surface area (Å²) in [5, 5.41) is 2.82. The minimum absolute atomic E-state index is 0.161. The van der Waals surface area contributed by atoms with Gasteiger partial charge in [-0.15, -0.1) is 0 Å². The van der Waals surface area contributed by atoms with Crippen molar-refractivity contribution in [3.05, 3.63) is 82.5 Å². The Bertz CT molecular complexity index is 919. The monoisotopic (exact) mass is 464 g/mol. The van der Waals surface area contributed by atoms with E-state index in [4.69, 9.17) is 0 Å².